The van der Waals surface area contributed by atoms with Gasteiger partial charge in [0.2, 0.25) is 0 Å². The number of nitrogens with zero attached hydrogens (tertiary/aromatic N) is 5. The van der Waals surface area contributed by atoms with E-state index in [2.05, 4.69) is 127 Å². The molecule has 0 fully saturated rings. The van der Waals surface area contributed by atoms with E-state index in [0.717, 1.165) is 73.1 Å². The van der Waals surface area contributed by atoms with Crippen LogP contribution >= 0.6 is 0 Å². The van der Waals surface area contributed by atoms with Crippen LogP contribution in [0.25, 0.3) is 39.1 Å². The zero-order valence-corrected chi connectivity index (χ0v) is 25.9. The maximum atomic E-state index is 5.20. The highest BCUT2D eigenvalue weighted by atomic mass is 15.1. The summed E-state index contributed by atoms with van der Waals surface area (Å²) in [5.74, 6) is 1.89. The third kappa shape index (κ3) is 5.49. The number of aryl methyl sites for hydroxylation is 2. The van der Waals surface area contributed by atoms with Crippen LogP contribution in [0, 0.1) is 13.8 Å². The third-order valence-corrected chi connectivity index (χ3v) is 8.33. The number of hydrogen-bond donors (Lipinski definition) is 0. The topological polar surface area (TPSA) is 48.0 Å². The molecule has 2 heterocycles. The fraction of sp³-hybridized carbons (Fsp3) is 0.125. The lowest BCUT2D eigenvalue weighted by Crippen LogP contribution is -2.06. The predicted octanol–water partition coefficient (Wildman–Crippen LogP) is 9.58. The Balaban J connectivity index is 1.43. The molecule has 220 valence electrons. The lowest BCUT2D eigenvalue weighted by molar-refractivity contribution is 0.780. The molecule has 0 atom stereocenters. The van der Waals surface area contributed by atoms with Gasteiger partial charge in [-0.25, -0.2) is 9.97 Å². The molecule has 0 saturated carbocycles. The van der Waals surface area contributed by atoms with Gasteiger partial charge < -0.3 is 4.57 Å². The zero-order valence-electron chi connectivity index (χ0n) is 25.9. The van der Waals surface area contributed by atoms with Crippen molar-refractivity contribution in [3.63, 3.8) is 0 Å². The van der Waals surface area contributed by atoms with E-state index in [1.165, 1.54) is 5.56 Å². The van der Waals surface area contributed by atoms with Gasteiger partial charge in [-0.1, -0.05) is 66.2 Å². The smallest absolute Gasteiger partial charge is 0.145 e. The first-order valence-electron chi connectivity index (χ1n) is 15.3. The first-order chi connectivity index (χ1) is 22.0. The summed E-state index contributed by atoms with van der Waals surface area (Å²) in [4.78, 5) is 15.3. The van der Waals surface area contributed by atoms with Crippen molar-refractivity contribution < 1.29 is 0 Å². The number of imidazole rings is 2. The van der Waals surface area contributed by atoms with Crippen molar-refractivity contribution in [3.8, 4) is 17.1 Å². The van der Waals surface area contributed by atoms with Crippen molar-refractivity contribution in [2.45, 2.75) is 33.7 Å². The molecule has 5 heteroatoms. The number of hydrogen-bond acceptors (Lipinski definition) is 3. The first-order valence-corrected chi connectivity index (χ1v) is 15.3. The summed E-state index contributed by atoms with van der Waals surface area (Å²) >= 11 is 0. The SMILES string of the molecule is C=CCn1c(Cc2cc(/C(C)=N/c3ccccc3C)cc(-c3nc4ccccc4n3-c3ccc(C)cc3)c2)nc2ccccc21. The summed E-state index contributed by atoms with van der Waals surface area (Å²) in [7, 11) is 0. The number of aromatic nitrogens is 4. The van der Waals surface area contributed by atoms with Gasteiger partial charge in [0, 0.05) is 29.9 Å². The number of aliphatic imine (C=N–C) groups is 1. The molecule has 0 bridgehead atoms. The molecule has 0 radical (unpaired) electrons. The Kier molecular flexibility index (Phi) is 7.44. The minimum atomic E-state index is 0.658. The summed E-state index contributed by atoms with van der Waals surface area (Å²) in [6, 6.07) is 40.3. The summed E-state index contributed by atoms with van der Waals surface area (Å²) in [5, 5.41) is 0. The van der Waals surface area contributed by atoms with E-state index in [4.69, 9.17) is 15.0 Å². The molecule has 0 aliphatic rings. The van der Waals surface area contributed by atoms with Crippen LogP contribution in [0.15, 0.2) is 133 Å². The summed E-state index contributed by atoms with van der Waals surface area (Å²) in [6.07, 6.45) is 2.59. The molecule has 0 saturated heterocycles. The van der Waals surface area contributed by atoms with E-state index < -0.39 is 0 Å². The Morgan fingerprint density at radius 1 is 0.778 bits per heavy atom. The van der Waals surface area contributed by atoms with Gasteiger partial charge in [0.05, 0.1) is 27.8 Å². The van der Waals surface area contributed by atoms with Crippen LogP contribution in [-0.2, 0) is 13.0 Å². The number of fused-ring (bicyclic) bond motifs is 2. The summed E-state index contributed by atoms with van der Waals surface area (Å²) < 4.78 is 4.52. The number of allylic oxidation sites excluding steroid dienone is 1. The Bertz CT molecular complexity index is 2210. The quantitative estimate of drug-likeness (QED) is 0.132. The van der Waals surface area contributed by atoms with Gasteiger partial charge in [-0.2, -0.15) is 0 Å². The molecule has 7 rings (SSSR count). The van der Waals surface area contributed by atoms with E-state index in [0.29, 0.717) is 13.0 Å². The highest BCUT2D eigenvalue weighted by Crippen LogP contribution is 2.32. The molecule has 5 nitrogen and oxygen atoms in total. The molecular weight excluding hydrogens is 550 g/mol. The van der Waals surface area contributed by atoms with Gasteiger partial charge in [-0.3, -0.25) is 9.56 Å². The molecule has 5 aromatic carbocycles. The maximum absolute atomic E-state index is 5.20. The lowest BCUT2D eigenvalue weighted by Gasteiger charge is -2.14. The fourth-order valence-corrected chi connectivity index (χ4v) is 6.02. The van der Waals surface area contributed by atoms with Gasteiger partial charge in [0.25, 0.3) is 0 Å². The zero-order chi connectivity index (χ0) is 30.9. The number of para-hydroxylation sites is 5. The Morgan fingerprint density at radius 2 is 1.47 bits per heavy atom. The molecular formula is C40H35N5. The third-order valence-electron chi connectivity index (χ3n) is 8.33. The Labute approximate surface area is 263 Å². The summed E-state index contributed by atoms with van der Waals surface area (Å²) in [5.41, 5.74) is 12.7. The van der Waals surface area contributed by atoms with Crippen molar-refractivity contribution >= 4 is 33.5 Å². The van der Waals surface area contributed by atoms with E-state index in [-0.39, 0.29) is 0 Å². The normalized spacial score (nSPS) is 11.8. The average molecular weight is 586 g/mol. The number of rotatable bonds is 8. The largest absolute Gasteiger partial charge is 0.324 e. The molecule has 0 N–H and O–H groups in total. The molecule has 0 aliphatic heterocycles. The van der Waals surface area contributed by atoms with Gasteiger partial charge in [-0.05, 0) is 98.1 Å². The van der Waals surface area contributed by atoms with Crippen molar-refractivity contribution in [3.05, 3.63) is 156 Å². The van der Waals surface area contributed by atoms with Gasteiger partial charge in [0.15, 0.2) is 0 Å². The van der Waals surface area contributed by atoms with Crippen molar-refractivity contribution in [1.29, 1.82) is 0 Å². The highest BCUT2D eigenvalue weighted by molar-refractivity contribution is 6.01. The molecule has 0 amide bonds. The minimum absolute atomic E-state index is 0.658. The van der Waals surface area contributed by atoms with Crippen LogP contribution in [0.2, 0.25) is 0 Å². The van der Waals surface area contributed by atoms with Gasteiger partial charge in [0.1, 0.15) is 11.6 Å². The average Bonchev–Trinajstić information content (AvgIpc) is 3.61. The standard InChI is InChI=1S/C40H35N5/c1-5-22-44-37-16-10-8-14-35(37)42-39(44)25-30-23-31(29(4)41-34-13-7-6-12-28(34)3)26-32(24-30)40-43-36-15-9-11-17-38(36)45(40)33-20-18-27(2)19-21-33/h5-21,23-24,26H,1,22,25H2,2-4H3/b41-29+. The van der Waals surface area contributed by atoms with Crippen LogP contribution < -0.4 is 0 Å². The van der Waals surface area contributed by atoms with Crippen molar-refractivity contribution in [2.75, 3.05) is 0 Å². The number of benzene rings is 5. The summed E-state index contributed by atoms with van der Waals surface area (Å²) in [6.45, 7) is 11.0. The van der Waals surface area contributed by atoms with Crippen LogP contribution in [0.3, 0.4) is 0 Å². The fourth-order valence-electron chi connectivity index (χ4n) is 6.02. The Morgan fingerprint density at radius 3 is 2.22 bits per heavy atom. The minimum Gasteiger partial charge on any atom is -0.324 e. The highest BCUT2D eigenvalue weighted by Gasteiger charge is 2.18. The molecule has 45 heavy (non-hydrogen) atoms. The molecule has 0 aliphatic carbocycles. The second-order valence-electron chi connectivity index (χ2n) is 11.6. The van der Waals surface area contributed by atoms with Crippen LogP contribution in [-0.4, -0.2) is 24.8 Å². The molecule has 7 aromatic rings. The van der Waals surface area contributed by atoms with Crippen LogP contribution in [0.4, 0.5) is 5.69 Å². The maximum Gasteiger partial charge on any atom is 0.145 e. The first kappa shape index (κ1) is 28.2. The molecule has 0 spiro atoms. The van der Waals surface area contributed by atoms with Gasteiger partial charge in [-0.15, -0.1) is 6.58 Å². The lowest BCUT2D eigenvalue weighted by atomic mass is 10.00. The molecule has 0 unspecified atom stereocenters. The van der Waals surface area contributed by atoms with E-state index in [1.54, 1.807) is 0 Å². The van der Waals surface area contributed by atoms with Crippen molar-refractivity contribution in [2.24, 2.45) is 4.99 Å². The monoisotopic (exact) mass is 585 g/mol. The molecule has 2 aromatic heterocycles. The van der Waals surface area contributed by atoms with Gasteiger partial charge >= 0.3 is 0 Å². The Hall–Kier alpha value is -5.55. The van der Waals surface area contributed by atoms with E-state index in [9.17, 15) is 0 Å². The van der Waals surface area contributed by atoms with Crippen LogP contribution in [0.5, 0.6) is 0 Å². The second kappa shape index (κ2) is 11.9. The van der Waals surface area contributed by atoms with E-state index in [1.807, 2.05) is 30.3 Å². The second-order valence-corrected chi connectivity index (χ2v) is 11.6. The van der Waals surface area contributed by atoms with Crippen molar-refractivity contribution in [1.82, 2.24) is 19.1 Å². The van der Waals surface area contributed by atoms with E-state index >= 15 is 0 Å². The predicted molar refractivity (Wildman–Crippen MR) is 187 cm³/mol. The van der Waals surface area contributed by atoms with Crippen LogP contribution in [0.1, 0.15) is 35.0 Å².